The zero-order chi connectivity index (χ0) is 30.5. The summed E-state index contributed by atoms with van der Waals surface area (Å²) in [6.45, 7) is 6.20. The molecule has 7 nitrogen and oxygen atoms in total. The smallest absolute Gasteiger partial charge is 0.306 e. The number of amides is 2. The zero-order valence-corrected chi connectivity index (χ0v) is 25.8. The van der Waals surface area contributed by atoms with E-state index in [0.717, 1.165) is 61.1 Å². The number of esters is 1. The van der Waals surface area contributed by atoms with Crippen molar-refractivity contribution >= 4 is 29.2 Å². The molecule has 0 spiro atoms. The van der Waals surface area contributed by atoms with Gasteiger partial charge in [0.05, 0.1) is 19.6 Å². The Balaban J connectivity index is 1.42. The fourth-order valence-corrected chi connectivity index (χ4v) is 6.57. The molecule has 0 N–H and O–H groups in total. The van der Waals surface area contributed by atoms with Gasteiger partial charge in [-0.2, -0.15) is 0 Å². The second-order valence-electron chi connectivity index (χ2n) is 11.9. The molecule has 1 aliphatic heterocycles. The molecule has 3 atom stereocenters. The first kappa shape index (κ1) is 30.5. The quantitative estimate of drug-likeness (QED) is 0.169. The van der Waals surface area contributed by atoms with Crippen LogP contribution in [0.25, 0.3) is 0 Å². The minimum absolute atomic E-state index is 0.00267. The third-order valence-corrected chi connectivity index (χ3v) is 9.14. The lowest BCUT2D eigenvalue weighted by Gasteiger charge is -2.48. The van der Waals surface area contributed by atoms with E-state index in [2.05, 4.69) is 35.9 Å². The Hall–Kier alpha value is -4.00. The summed E-state index contributed by atoms with van der Waals surface area (Å²) < 4.78 is 4.80. The van der Waals surface area contributed by atoms with Crippen molar-refractivity contribution in [1.29, 1.82) is 0 Å². The van der Waals surface area contributed by atoms with E-state index in [1.54, 1.807) is 6.20 Å². The van der Waals surface area contributed by atoms with Crippen molar-refractivity contribution in [2.45, 2.75) is 90.3 Å². The lowest BCUT2D eigenvalue weighted by molar-refractivity contribution is -0.145. The van der Waals surface area contributed by atoms with Crippen molar-refractivity contribution in [3.63, 3.8) is 0 Å². The maximum absolute atomic E-state index is 14.2. The number of carbonyl (C=O) groups is 3. The third kappa shape index (κ3) is 6.66. The van der Waals surface area contributed by atoms with Gasteiger partial charge in [-0.25, -0.2) is 0 Å². The minimum Gasteiger partial charge on any atom is -0.469 e. The van der Waals surface area contributed by atoms with Crippen molar-refractivity contribution in [2.75, 3.05) is 12.0 Å². The van der Waals surface area contributed by atoms with Crippen LogP contribution < -0.4 is 4.90 Å². The Morgan fingerprint density at radius 3 is 2.40 bits per heavy atom. The summed E-state index contributed by atoms with van der Waals surface area (Å²) in [6.07, 6.45) is 11.9. The van der Waals surface area contributed by atoms with E-state index >= 15 is 0 Å². The Morgan fingerprint density at radius 1 is 0.977 bits per heavy atom. The number of hydrogen-bond acceptors (Lipinski definition) is 5. The maximum atomic E-state index is 14.2. The second-order valence-corrected chi connectivity index (χ2v) is 11.9. The molecular weight excluding hydrogens is 538 g/mol. The molecule has 226 valence electrons. The number of allylic oxidation sites excluding steroid dienone is 3. The van der Waals surface area contributed by atoms with E-state index in [9.17, 15) is 14.4 Å². The fourth-order valence-electron chi connectivity index (χ4n) is 6.57. The van der Waals surface area contributed by atoms with Crippen molar-refractivity contribution in [2.24, 2.45) is 10.9 Å². The van der Waals surface area contributed by atoms with Crippen molar-refractivity contribution in [3.05, 3.63) is 89.1 Å². The average molecular weight is 582 g/mol. The maximum Gasteiger partial charge on any atom is 0.306 e. The first-order valence-corrected chi connectivity index (χ1v) is 15.6. The first-order valence-electron chi connectivity index (χ1n) is 15.6. The molecule has 43 heavy (non-hydrogen) atoms. The normalized spacial score (nSPS) is 21.9. The van der Waals surface area contributed by atoms with Gasteiger partial charge in [-0.15, -0.1) is 0 Å². The lowest BCUT2D eigenvalue weighted by atomic mass is 9.81. The predicted molar refractivity (Wildman–Crippen MR) is 170 cm³/mol. The van der Waals surface area contributed by atoms with Crippen LogP contribution in [0.5, 0.6) is 0 Å². The lowest BCUT2D eigenvalue weighted by Crippen LogP contribution is -2.53. The molecule has 2 aromatic carbocycles. The summed E-state index contributed by atoms with van der Waals surface area (Å²) in [5.41, 5.74) is 5.70. The zero-order valence-electron chi connectivity index (χ0n) is 25.8. The summed E-state index contributed by atoms with van der Waals surface area (Å²) >= 11 is 0. The number of fused-ring (bicyclic) bond motifs is 2. The third-order valence-electron chi connectivity index (χ3n) is 9.14. The van der Waals surface area contributed by atoms with Crippen LogP contribution in [0.1, 0.15) is 99.7 Å². The van der Waals surface area contributed by atoms with Gasteiger partial charge >= 0.3 is 5.97 Å². The van der Waals surface area contributed by atoms with E-state index in [4.69, 9.17) is 4.74 Å². The summed E-state index contributed by atoms with van der Waals surface area (Å²) in [5.74, 6) is -0.240. The van der Waals surface area contributed by atoms with Crippen LogP contribution in [0.2, 0.25) is 0 Å². The van der Waals surface area contributed by atoms with Crippen LogP contribution in [0.15, 0.2) is 77.4 Å². The van der Waals surface area contributed by atoms with Crippen LogP contribution >= 0.6 is 0 Å². The van der Waals surface area contributed by atoms with E-state index in [1.807, 2.05) is 60.4 Å². The van der Waals surface area contributed by atoms with E-state index in [0.29, 0.717) is 5.56 Å². The van der Waals surface area contributed by atoms with Gasteiger partial charge in [0.2, 0.25) is 5.91 Å². The van der Waals surface area contributed by atoms with Crippen LogP contribution in [0, 0.1) is 5.92 Å². The molecule has 0 saturated heterocycles. The molecule has 2 aromatic rings. The van der Waals surface area contributed by atoms with Crippen LogP contribution in [0.4, 0.5) is 5.69 Å². The number of benzene rings is 2. The number of carbonyl (C=O) groups excluding carboxylic acids is 3. The molecule has 1 heterocycles. The van der Waals surface area contributed by atoms with Crippen LogP contribution in [-0.2, 0) is 14.3 Å². The molecule has 0 radical (unpaired) electrons. The van der Waals surface area contributed by atoms with E-state index in [1.165, 1.54) is 12.7 Å². The number of nitrogens with zero attached hydrogens (tertiary/aromatic N) is 3. The van der Waals surface area contributed by atoms with Gasteiger partial charge in [0.15, 0.2) is 0 Å². The van der Waals surface area contributed by atoms with Crippen molar-refractivity contribution in [3.8, 4) is 0 Å². The van der Waals surface area contributed by atoms with Crippen LogP contribution in [-0.4, -0.2) is 47.6 Å². The summed E-state index contributed by atoms with van der Waals surface area (Å²) in [4.78, 5) is 48.3. The van der Waals surface area contributed by atoms with Gasteiger partial charge in [0, 0.05) is 47.6 Å². The molecular formula is C36H43N3O4. The van der Waals surface area contributed by atoms with E-state index in [-0.39, 0.29) is 54.7 Å². The predicted octanol–water partition coefficient (Wildman–Crippen LogP) is 7.18. The van der Waals surface area contributed by atoms with Gasteiger partial charge in [0.1, 0.15) is 0 Å². The van der Waals surface area contributed by atoms with E-state index < -0.39 is 0 Å². The SMILES string of the molecule is CC/C(C)=C/C=C\N=C(C)c1ccc(C(=O)N2c3ccccc3C(N(C(=O)CCC(=O)OC)C3CC3)C3CCCC32)cc1. The van der Waals surface area contributed by atoms with Crippen LogP contribution in [0.3, 0.4) is 0 Å². The number of hydrogen-bond donors (Lipinski definition) is 0. The Morgan fingerprint density at radius 2 is 1.70 bits per heavy atom. The van der Waals surface area contributed by atoms with Crippen molar-refractivity contribution < 1.29 is 19.1 Å². The summed E-state index contributed by atoms with van der Waals surface area (Å²) in [6, 6.07) is 15.9. The number of para-hydroxylation sites is 1. The molecule has 3 aliphatic rings. The highest BCUT2D eigenvalue weighted by atomic mass is 16.5. The number of anilines is 1. The number of rotatable bonds is 10. The molecule has 0 aromatic heterocycles. The van der Waals surface area contributed by atoms with Crippen molar-refractivity contribution in [1.82, 2.24) is 4.90 Å². The number of methoxy groups -OCH3 is 1. The van der Waals surface area contributed by atoms with Gasteiger partial charge in [0.25, 0.3) is 5.91 Å². The molecule has 2 saturated carbocycles. The van der Waals surface area contributed by atoms with Gasteiger partial charge < -0.3 is 14.5 Å². The molecule has 2 amide bonds. The molecule has 7 heteroatoms. The fraction of sp³-hybridized carbons (Fsp3) is 0.444. The topological polar surface area (TPSA) is 79.3 Å². The Labute approximate surface area is 255 Å². The largest absolute Gasteiger partial charge is 0.469 e. The number of ether oxygens (including phenoxy) is 1. The van der Waals surface area contributed by atoms with Gasteiger partial charge in [-0.3, -0.25) is 19.4 Å². The van der Waals surface area contributed by atoms with Gasteiger partial charge in [-0.05, 0) is 81.4 Å². The monoisotopic (exact) mass is 581 g/mol. The summed E-state index contributed by atoms with van der Waals surface area (Å²) in [5, 5.41) is 0. The number of aliphatic imine (C=N–C) groups is 1. The minimum atomic E-state index is -0.369. The highest BCUT2D eigenvalue weighted by Crippen LogP contribution is 2.52. The highest BCUT2D eigenvalue weighted by Gasteiger charge is 2.51. The highest BCUT2D eigenvalue weighted by molar-refractivity contribution is 6.08. The average Bonchev–Trinajstić information content (AvgIpc) is 3.76. The molecule has 3 unspecified atom stereocenters. The van der Waals surface area contributed by atoms with Gasteiger partial charge in [-0.1, -0.05) is 55.3 Å². The molecule has 0 bridgehead atoms. The molecule has 2 aliphatic carbocycles. The molecule has 5 rings (SSSR count). The first-order chi connectivity index (χ1) is 20.8. The Kier molecular flexibility index (Phi) is 9.59. The standard InChI is InChI=1S/C36H43N3O4/c1-5-24(2)10-9-23-37-25(3)26-15-17-27(18-16-26)36(42)39-31-13-7-6-11-29(31)35(30-12-8-14-32(30)39)38(28-19-20-28)33(40)21-22-34(41)43-4/h6-7,9-11,13,15-18,23,28,30,32,35H,5,8,12,14,19-22H2,1-4H3/b23-9-,24-10+,37-25?. The Bertz CT molecular complexity index is 1440. The molecule has 2 fully saturated rings. The second kappa shape index (κ2) is 13.5. The summed E-state index contributed by atoms with van der Waals surface area (Å²) in [7, 11) is 1.35.